The Morgan fingerprint density at radius 1 is 1.17 bits per heavy atom. The van der Waals surface area contributed by atoms with Crippen LogP contribution >= 0.6 is 0 Å². The van der Waals surface area contributed by atoms with Crippen LogP contribution in [0.4, 0.5) is 0 Å². The number of benzene rings is 1. The number of rotatable bonds is 3. The first-order chi connectivity index (χ1) is 14.7. The summed E-state index contributed by atoms with van der Waals surface area (Å²) in [6.45, 7) is 4.81. The van der Waals surface area contributed by atoms with Crippen LogP contribution in [0.2, 0.25) is 0 Å². The van der Waals surface area contributed by atoms with Gasteiger partial charge < -0.3 is 15.2 Å². The highest BCUT2D eigenvalue weighted by molar-refractivity contribution is 5.85. The van der Waals surface area contributed by atoms with Gasteiger partial charge in [0.15, 0.2) is 0 Å². The summed E-state index contributed by atoms with van der Waals surface area (Å²) >= 11 is 0. The predicted octanol–water partition coefficient (Wildman–Crippen LogP) is 4.26. The van der Waals surface area contributed by atoms with Crippen LogP contribution in [0, 0.1) is 12.8 Å². The number of nitrogens with one attached hydrogen (secondary N) is 2. The van der Waals surface area contributed by atoms with Crippen LogP contribution in [0.15, 0.2) is 30.6 Å². The van der Waals surface area contributed by atoms with E-state index < -0.39 is 0 Å². The maximum absolute atomic E-state index is 12.7. The van der Waals surface area contributed by atoms with Crippen molar-refractivity contribution >= 4 is 16.9 Å². The quantitative estimate of drug-likeness (QED) is 0.691. The molecule has 3 aliphatic rings. The maximum Gasteiger partial charge on any atom is 0.225 e. The molecule has 2 N–H and O–H groups in total. The molecule has 6 rings (SSSR count). The van der Waals surface area contributed by atoms with Crippen molar-refractivity contribution in [2.75, 3.05) is 13.1 Å². The lowest BCUT2D eigenvalue weighted by atomic mass is 9.86. The Balaban J connectivity index is 1.44. The van der Waals surface area contributed by atoms with Crippen molar-refractivity contribution in [3.8, 4) is 11.1 Å². The van der Waals surface area contributed by atoms with Crippen LogP contribution < -0.4 is 5.32 Å². The van der Waals surface area contributed by atoms with Gasteiger partial charge in [0.05, 0.1) is 0 Å². The second-order valence-electron chi connectivity index (χ2n) is 9.23. The second-order valence-corrected chi connectivity index (χ2v) is 9.23. The number of aromatic amines is 1. The third-order valence-electron chi connectivity index (χ3n) is 7.11. The Labute approximate surface area is 176 Å². The lowest BCUT2D eigenvalue weighted by molar-refractivity contribution is -0.133. The van der Waals surface area contributed by atoms with Crippen molar-refractivity contribution < 1.29 is 4.79 Å². The number of hydrogen-bond acceptors (Lipinski definition) is 3. The molecule has 5 heteroatoms. The van der Waals surface area contributed by atoms with Crippen LogP contribution in [0.5, 0.6) is 0 Å². The molecule has 2 fully saturated rings. The topological polar surface area (TPSA) is 61.0 Å². The number of hydrogen-bond donors (Lipinski definition) is 2. The number of nitrogens with zero attached hydrogens (tertiary/aromatic N) is 2. The molecular weight excluding hydrogens is 372 g/mol. The molecule has 2 aromatic heterocycles. The minimum Gasteiger partial charge on any atom is -0.346 e. The highest BCUT2D eigenvalue weighted by Crippen LogP contribution is 2.38. The average molecular weight is 401 g/mol. The van der Waals surface area contributed by atoms with Crippen molar-refractivity contribution in [1.82, 2.24) is 20.2 Å². The number of aryl methyl sites for hydroxylation is 1. The molecule has 0 bridgehead atoms. The van der Waals surface area contributed by atoms with Crippen molar-refractivity contribution in [2.24, 2.45) is 5.92 Å². The number of aromatic nitrogens is 2. The largest absolute Gasteiger partial charge is 0.346 e. The number of fused-ring (bicyclic) bond motifs is 2. The van der Waals surface area contributed by atoms with Gasteiger partial charge in [-0.1, -0.05) is 0 Å². The molecule has 0 spiro atoms. The third-order valence-corrected chi connectivity index (χ3v) is 7.11. The van der Waals surface area contributed by atoms with E-state index in [2.05, 4.69) is 45.3 Å². The summed E-state index contributed by atoms with van der Waals surface area (Å²) in [5.41, 5.74) is 8.74. The van der Waals surface area contributed by atoms with E-state index in [0.717, 1.165) is 50.1 Å². The van der Waals surface area contributed by atoms with Crippen LogP contribution in [0.1, 0.15) is 54.0 Å². The zero-order chi connectivity index (χ0) is 20.2. The molecule has 2 aliphatic heterocycles. The number of pyridine rings is 1. The van der Waals surface area contributed by atoms with Crippen molar-refractivity contribution in [3.63, 3.8) is 0 Å². The summed E-state index contributed by atoms with van der Waals surface area (Å²) in [6, 6.07) is 7.36. The second kappa shape index (κ2) is 6.95. The molecule has 5 nitrogen and oxygen atoms in total. The first-order valence-corrected chi connectivity index (χ1v) is 11.3. The first kappa shape index (κ1) is 18.1. The number of H-pyrrole nitrogens is 1. The van der Waals surface area contributed by atoms with E-state index in [0.29, 0.717) is 11.9 Å². The van der Waals surface area contributed by atoms with E-state index in [9.17, 15) is 4.79 Å². The molecule has 3 aromatic rings. The minimum atomic E-state index is 0.286. The molecule has 1 saturated carbocycles. The summed E-state index contributed by atoms with van der Waals surface area (Å²) in [7, 11) is 0. The maximum atomic E-state index is 12.7. The third kappa shape index (κ3) is 3.03. The minimum absolute atomic E-state index is 0.286. The fraction of sp³-hybridized carbons (Fsp3) is 0.440. The Bertz CT molecular complexity index is 1140. The van der Waals surface area contributed by atoms with Gasteiger partial charge in [-0.05, 0) is 91.6 Å². The smallest absolute Gasteiger partial charge is 0.225 e. The molecule has 4 heterocycles. The van der Waals surface area contributed by atoms with E-state index in [4.69, 9.17) is 0 Å². The summed E-state index contributed by atoms with van der Waals surface area (Å²) in [5, 5.41) is 4.87. The predicted molar refractivity (Wildman–Crippen MR) is 118 cm³/mol. The van der Waals surface area contributed by atoms with Gasteiger partial charge in [0.25, 0.3) is 0 Å². The average Bonchev–Trinajstić information content (AvgIpc) is 3.36. The highest BCUT2D eigenvalue weighted by atomic mass is 16.2. The lowest BCUT2D eigenvalue weighted by Gasteiger charge is -2.32. The van der Waals surface area contributed by atoms with Gasteiger partial charge in [-0.15, -0.1) is 0 Å². The van der Waals surface area contributed by atoms with Crippen LogP contribution in [0.25, 0.3) is 22.2 Å². The van der Waals surface area contributed by atoms with Crippen molar-refractivity contribution in [2.45, 2.75) is 51.6 Å². The Morgan fingerprint density at radius 2 is 2.07 bits per heavy atom. The Hall–Kier alpha value is -2.66. The molecule has 0 unspecified atom stereocenters. The summed E-state index contributed by atoms with van der Waals surface area (Å²) < 4.78 is 0. The molecule has 1 atom stereocenters. The van der Waals surface area contributed by atoms with Crippen molar-refractivity contribution in [3.05, 3.63) is 52.8 Å². The normalized spacial score (nSPS) is 21.2. The zero-order valence-corrected chi connectivity index (χ0v) is 17.5. The number of amides is 1. The van der Waals surface area contributed by atoms with Gasteiger partial charge in [0.1, 0.15) is 5.65 Å². The summed E-state index contributed by atoms with van der Waals surface area (Å²) in [4.78, 5) is 22.7. The molecule has 154 valence electrons. The standard InChI is InChI=1S/C25H28N4O/c1-15-12-27-24-21(15)11-18(13-28-24)17-9-19-14-29(25(30)16-4-5-16)8-6-20(19)22(10-17)23-3-2-7-26-23/h9-13,16,23,26H,2-8,14H2,1H3,(H,27,28)/t23-/m0/s1. The van der Waals surface area contributed by atoms with E-state index in [1.54, 1.807) is 0 Å². The van der Waals surface area contributed by atoms with E-state index >= 15 is 0 Å². The van der Waals surface area contributed by atoms with Crippen molar-refractivity contribution in [1.29, 1.82) is 0 Å². The lowest BCUT2D eigenvalue weighted by Crippen LogP contribution is -2.37. The van der Waals surface area contributed by atoms with Gasteiger partial charge in [-0.3, -0.25) is 4.79 Å². The van der Waals surface area contributed by atoms with Gasteiger partial charge in [0, 0.05) is 48.4 Å². The Kier molecular flexibility index (Phi) is 4.20. The molecule has 0 radical (unpaired) electrons. The monoisotopic (exact) mass is 400 g/mol. The molecule has 1 amide bonds. The van der Waals surface area contributed by atoms with E-state index in [1.165, 1.54) is 46.0 Å². The highest BCUT2D eigenvalue weighted by Gasteiger charge is 2.35. The fourth-order valence-electron chi connectivity index (χ4n) is 5.23. The fourth-order valence-corrected chi connectivity index (χ4v) is 5.23. The molecule has 1 aliphatic carbocycles. The van der Waals surface area contributed by atoms with E-state index in [1.807, 2.05) is 12.4 Å². The van der Waals surface area contributed by atoms with Crippen LogP contribution in [-0.4, -0.2) is 33.9 Å². The SMILES string of the molecule is Cc1c[nH]c2ncc(-c3cc4c(c([C@@H]5CCCN5)c3)CCN(C(=O)C3CC3)C4)cc12. The van der Waals surface area contributed by atoms with Gasteiger partial charge in [-0.25, -0.2) is 4.98 Å². The summed E-state index contributed by atoms with van der Waals surface area (Å²) in [6.07, 6.45) is 9.52. The number of carbonyl (C=O) groups excluding carboxylic acids is 1. The van der Waals surface area contributed by atoms with Gasteiger partial charge in [0.2, 0.25) is 5.91 Å². The molecule has 1 aromatic carbocycles. The summed E-state index contributed by atoms with van der Waals surface area (Å²) in [5.74, 6) is 0.645. The van der Waals surface area contributed by atoms with Crippen LogP contribution in [-0.2, 0) is 17.8 Å². The number of carbonyl (C=O) groups is 1. The van der Waals surface area contributed by atoms with Crippen LogP contribution in [0.3, 0.4) is 0 Å². The van der Waals surface area contributed by atoms with Gasteiger partial charge >= 0.3 is 0 Å². The first-order valence-electron chi connectivity index (χ1n) is 11.3. The Morgan fingerprint density at radius 3 is 2.87 bits per heavy atom. The molecule has 1 saturated heterocycles. The zero-order valence-electron chi connectivity index (χ0n) is 17.5. The molecular formula is C25H28N4O. The van der Waals surface area contributed by atoms with Gasteiger partial charge in [-0.2, -0.15) is 0 Å². The van der Waals surface area contributed by atoms with E-state index in [-0.39, 0.29) is 5.92 Å². The molecule has 30 heavy (non-hydrogen) atoms.